The smallest absolute Gasteiger partial charge is 0.331 e. The maximum Gasteiger partial charge on any atom is 0.331 e. The van der Waals surface area contributed by atoms with E-state index < -0.39 is 34.4 Å². The molecule has 0 aromatic heterocycles. The van der Waals surface area contributed by atoms with Crippen LogP contribution in [0.1, 0.15) is 17.5 Å². The largest absolute Gasteiger partial charge is 0.452 e. The van der Waals surface area contributed by atoms with Gasteiger partial charge in [-0.15, -0.1) is 0 Å². The lowest BCUT2D eigenvalue weighted by Gasteiger charge is -2.28. The van der Waals surface area contributed by atoms with Gasteiger partial charge < -0.3 is 9.64 Å². The quantitative estimate of drug-likeness (QED) is 0.537. The molecule has 7 heteroatoms. The number of carbonyl (C=O) groups excluding carboxylic acids is 2. The van der Waals surface area contributed by atoms with E-state index in [1.807, 2.05) is 37.3 Å². The molecule has 0 unspecified atom stereocenters. The van der Waals surface area contributed by atoms with Gasteiger partial charge in [0.25, 0.3) is 5.91 Å². The van der Waals surface area contributed by atoms with Gasteiger partial charge in [-0.05, 0) is 37.1 Å². The van der Waals surface area contributed by atoms with Crippen LogP contribution in [0, 0.1) is 6.92 Å². The van der Waals surface area contributed by atoms with E-state index in [9.17, 15) is 18.0 Å². The Labute approximate surface area is 170 Å². The van der Waals surface area contributed by atoms with Gasteiger partial charge in [0.15, 0.2) is 16.4 Å². The van der Waals surface area contributed by atoms with E-state index in [2.05, 4.69) is 0 Å². The van der Waals surface area contributed by atoms with Crippen LogP contribution in [0.25, 0.3) is 6.08 Å². The number of esters is 1. The Morgan fingerprint density at radius 3 is 2.41 bits per heavy atom. The van der Waals surface area contributed by atoms with Crippen LogP contribution >= 0.6 is 0 Å². The summed E-state index contributed by atoms with van der Waals surface area (Å²) in [5.41, 5.74) is 2.55. The molecule has 3 rings (SSSR count). The standard InChI is InChI=1S/C22H23NO5S/c1-17-7-9-18(10-8-17)11-12-22(25)28-15-21(24)23(19-5-3-2-4-6-19)20-13-14-29(26,27)16-20/h2-12,20H,13-16H2,1H3/b12-11+/t20-/m0/s1. The van der Waals surface area contributed by atoms with Crippen molar-refractivity contribution in [3.05, 3.63) is 71.8 Å². The number of nitrogens with zero attached hydrogens (tertiary/aromatic N) is 1. The Kier molecular flexibility index (Phi) is 6.49. The number of para-hydroxylation sites is 1. The molecule has 0 bridgehead atoms. The molecule has 1 aliphatic rings. The number of rotatable bonds is 6. The highest BCUT2D eigenvalue weighted by Gasteiger charge is 2.35. The van der Waals surface area contributed by atoms with Crippen LogP contribution in [0.15, 0.2) is 60.7 Å². The monoisotopic (exact) mass is 413 g/mol. The highest BCUT2D eigenvalue weighted by Crippen LogP contribution is 2.24. The maximum absolute atomic E-state index is 12.8. The molecule has 152 valence electrons. The number of sulfone groups is 1. The van der Waals surface area contributed by atoms with Crippen LogP contribution in [0.3, 0.4) is 0 Å². The summed E-state index contributed by atoms with van der Waals surface area (Å²) in [7, 11) is -3.17. The van der Waals surface area contributed by atoms with Gasteiger partial charge in [0, 0.05) is 11.8 Å². The maximum atomic E-state index is 12.8. The molecule has 0 spiro atoms. The van der Waals surface area contributed by atoms with Crippen LogP contribution < -0.4 is 4.90 Å². The number of benzene rings is 2. The second kappa shape index (κ2) is 9.05. The molecule has 1 atom stereocenters. The zero-order chi connectivity index (χ0) is 20.9. The molecule has 6 nitrogen and oxygen atoms in total. The summed E-state index contributed by atoms with van der Waals surface area (Å²) < 4.78 is 28.8. The van der Waals surface area contributed by atoms with E-state index >= 15 is 0 Å². The average molecular weight is 413 g/mol. The van der Waals surface area contributed by atoms with Gasteiger partial charge in [0.1, 0.15) is 0 Å². The first-order valence-electron chi connectivity index (χ1n) is 9.33. The molecule has 0 radical (unpaired) electrons. The molecule has 1 fully saturated rings. The van der Waals surface area contributed by atoms with E-state index in [0.29, 0.717) is 12.1 Å². The fourth-order valence-electron chi connectivity index (χ4n) is 3.22. The van der Waals surface area contributed by atoms with Gasteiger partial charge in [-0.2, -0.15) is 0 Å². The van der Waals surface area contributed by atoms with Gasteiger partial charge in [-0.25, -0.2) is 13.2 Å². The molecule has 0 saturated carbocycles. The Bertz CT molecular complexity index is 997. The van der Waals surface area contributed by atoms with Crippen molar-refractivity contribution in [3.63, 3.8) is 0 Å². The van der Waals surface area contributed by atoms with Gasteiger partial charge in [0.05, 0.1) is 17.5 Å². The summed E-state index contributed by atoms with van der Waals surface area (Å²) in [5.74, 6) is -1.12. The van der Waals surface area contributed by atoms with Crippen LogP contribution in [0.4, 0.5) is 5.69 Å². The number of hydrogen-bond donors (Lipinski definition) is 0. The molecule has 1 amide bonds. The Hall–Kier alpha value is -2.93. The minimum atomic E-state index is -3.17. The number of anilines is 1. The van der Waals surface area contributed by atoms with E-state index in [0.717, 1.165) is 11.1 Å². The molecule has 2 aromatic carbocycles. The number of hydrogen-bond acceptors (Lipinski definition) is 5. The highest BCUT2D eigenvalue weighted by atomic mass is 32.2. The molecule has 1 saturated heterocycles. The second-order valence-electron chi connectivity index (χ2n) is 7.01. The van der Waals surface area contributed by atoms with Crippen molar-refractivity contribution in [2.45, 2.75) is 19.4 Å². The van der Waals surface area contributed by atoms with Crippen molar-refractivity contribution < 1.29 is 22.7 Å². The molecule has 2 aromatic rings. The number of amides is 1. The fraction of sp³-hybridized carbons (Fsp3) is 0.273. The average Bonchev–Trinajstić information content (AvgIpc) is 3.06. The Morgan fingerprint density at radius 1 is 1.10 bits per heavy atom. The molecule has 0 N–H and O–H groups in total. The lowest BCUT2D eigenvalue weighted by molar-refractivity contribution is -0.143. The van der Waals surface area contributed by atoms with Crippen molar-refractivity contribution in [3.8, 4) is 0 Å². The van der Waals surface area contributed by atoms with Crippen LogP contribution in [-0.4, -0.2) is 44.4 Å². The number of carbonyl (C=O) groups is 2. The zero-order valence-corrected chi connectivity index (χ0v) is 17.0. The van der Waals surface area contributed by atoms with E-state index in [-0.39, 0.29) is 11.5 Å². The van der Waals surface area contributed by atoms with Crippen molar-refractivity contribution in [1.29, 1.82) is 0 Å². The van der Waals surface area contributed by atoms with Gasteiger partial charge in [-0.1, -0.05) is 48.0 Å². The van der Waals surface area contributed by atoms with Crippen molar-refractivity contribution in [1.82, 2.24) is 0 Å². The molecule has 29 heavy (non-hydrogen) atoms. The summed E-state index contributed by atoms with van der Waals surface area (Å²) >= 11 is 0. The Balaban J connectivity index is 1.65. The fourth-order valence-corrected chi connectivity index (χ4v) is 4.92. The Morgan fingerprint density at radius 2 is 1.79 bits per heavy atom. The number of ether oxygens (including phenoxy) is 1. The SMILES string of the molecule is Cc1ccc(/C=C/C(=O)OCC(=O)N(c2ccccc2)[C@H]2CCS(=O)(=O)C2)cc1. The van der Waals surface area contributed by atoms with Gasteiger partial charge in [-0.3, -0.25) is 4.79 Å². The summed E-state index contributed by atoms with van der Waals surface area (Å²) in [4.78, 5) is 26.2. The predicted molar refractivity (Wildman–Crippen MR) is 112 cm³/mol. The molecule has 1 aliphatic heterocycles. The van der Waals surface area contributed by atoms with E-state index in [4.69, 9.17) is 4.74 Å². The first-order chi connectivity index (χ1) is 13.8. The third-order valence-electron chi connectivity index (χ3n) is 4.70. The third-order valence-corrected chi connectivity index (χ3v) is 6.45. The lowest BCUT2D eigenvalue weighted by Crippen LogP contribution is -2.43. The summed E-state index contributed by atoms with van der Waals surface area (Å²) in [6.07, 6.45) is 3.25. The molecular weight excluding hydrogens is 390 g/mol. The minimum Gasteiger partial charge on any atom is -0.452 e. The molecule has 0 aliphatic carbocycles. The van der Waals surface area contributed by atoms with Crippen molar-refractivity contribution in [2.75, 3.05) is 23.0 Å². The highest BCUT2D eigenvalue weighted by molar-refractivity contribution is 7.91. The van der Waals surface area contributed by atoms with Crippen LogP contribution in [-0.2, 0) is 24.2 Å². The summed E-state index contributed by atoms with van der Waals surface area (Å²) in [5, 5.41) is 0. The van der Waals surface area contributed by atoms with Crippen molar-refractivity contribution >= 4 is 33.5 Å². The summed E-state index contributed by atoms with van der Waals surface area (Å²) in [6.45, 7) is 1.52. The minimum absolute atomic E-state index is 0.0490. The first-order valence-corrected chi connectivity index (χ1v) is 11.2. The van der Waals surface area contributed by atoms with Crippen molar-refractivity contribution in [2.24, 2.45) is 0 Å². The van der Waals surface area contributed by atoms with Crippen LogP contribution in [0.5, 0.6) is 0 Å². The van der Waals surface area contributed by atoms with E-state index in [1.54, 1.807) is 30.3 Å². The predicted octanol–water partition coefficient (Wildman–Crippen LogP) is 2.77. The molecular formula is C22H23NO5S. The first kappa shape index (κ1) is 20.8. The lowest BCUT2D eigenvalue weighted by atomic mass is 10.1. The van der Waals surface area contributed by atoms with Gasteiger partial charge >= 0.3 is 5.97 Å². The van der Waals surface area contributed by atoms with Crippen LogP contribution in [0.2, 0.25) is 0 Å². The van der Waals surface area contributed by atoms with E-state index in [1.165, 1.54) is 11.0 Å². The normalized spacial score (nSPS) is 17.9. The topological polar surface area (TPSA) is 80.8 Å². The number of aryl methyl sites for hydroxylation is 1. The zero-order valence-electron chi connectivity index (χ0n) is 16.2. The summed E-state index contributed by atoms with van der Waals surface area (Å²) in [6, 6.07) is 16.0. The second-order valence-corrected chi connectivity index (χ2v) is 9.24. The van der Waals surface area contributed by atoms with Gasteiger partial charge in [0.2, 0.25) is 0 Å². The third kappa shape index (κ3) is 5.77. The molecule has 1 heterocycles.